The van der Waals surface area contributed by atoms with Crippen LogP contribution >= 0.6 is 0 Å². The van der Waals surface area contributed by atoms with E-state index in [0.717, 1.165) is 30.4 Å². The molecule has 1 rings (SSSR count). The first-order chi connectivity index (χ1) is 8.62. The maximum Gasteiger partial charge on any atom is 0.134 e. The molecule has 0 aliphatic rings. The first-order valence-electron chi connectivity index (χ1n) is 6.92. The van der Waals surface area contributed by atoms with Crippen LogP contribution in [0.2, 0.25) is 0 Å². The Balaban J connectivity index is 2.99. The van der Waals surface area contributed by atoms with Crippen LogP contribution in [0.1, 0.15) is 45.9 Å². The van der Waals surface area contributed by atoms with Crippen molar-refractivity contribution in [3.05, 3.63) is 11.9 Å². The van der Waals surface area contributed by atoms with Gasteiger partial charge >= 0.3 is 0 Å². The van der Waals surface area contributed by atoms with Crippen LogP contribution < -0.4 is 10.2 Å². The van der Waals surface area contributed by atoms with Gasteiger partial charge in [0.1, 0.15) is 17.5 Å². The summed E-state index contributed by atoms with van der Waals surface area (Å²) in [5.41, 5.74) is 0. The minimum Gasteiger partial charge on any atom is -0.373 e. The first-order valence-corrected chi connectivity index (χ1v) is 6.92. The molecule has 102 valence electrons. The van der Waals surface area contributed by atoms with Crippen LogP contribution in [0.3, 0.4) is 0 Å². The zero-order chi connectivity index (χ0) is 13.5. The Hall–Kier alpha value is -1.32. The molecule has 0 bridgehead atoms. The SMILES string of the molecule is CCCCN(c1cc(NC)nc(C)n1)C(C)CC. The van der Waals surface area contributed by atoms with Gasteiger partial charge in [0.2, 0.25) is 0 Å². The van der Waals surface area contributed by atoms with Crippen LogP contribution in [0.25, 0.3) is 0 Å². The van der Waals surface area contributed by atoms with E-state index in [1.165, 1.54) is 12.8 Å². The third-order valence-corrected chi connectivity index (χ3v) is 3.25. The molecule has 1 N–H and O–H groups in total. The highest BCUT2D eigenvalue weighted by Gasteiger charge is 2.15. The van der Waals surface area contributed by atoms with Crippen molar-refractivity contribution in [2.45, 2.75) is 53.0 Å². The molecule has 0 amide bonds. The molecule has 0 radical (unpaired) electrons. The second kappa shape index (κ2) is 7.19. The normalized spacial score (nSPS) is 12.3. The highest BCUT2D eigenvalue weighted by molar-refractivity contribution is 5.49. The molecular weight excluding hydrogens is 224 g/mol. The summed E-state index contributed by atoms with van der Waals surface area (Å²) < 4.78 is 0. The molecule has 18 heavy (non-hydrogen) atoms. The van der Waals surface area contributed by atoms with Crippen LogP contribution in [0.4, 0.5) is 11.6 Å². The van der Waals surface area contributed by atoms with Crippen molar-refractivity contribution < 1.29 is 0 Å². The van der Waals surface area contributed by atoms with Crippen molar-refractivity contribution >= 4 is 11.6 Å². The fraction of sp³-hybridized carbons (Fsp3) is 0.714. The third kappa shape index (κ3) is 3.86. The summed E-state index contributed by atoms with van der Waals surface area (Å²) >= 11 is 0. The molecule has 0 aliphatic carbocycles. The molecule has 4 nitrogen and oxygen atoms in total. The quantitative estimate of drug-likeness (QED) is 0.806. The molecule has 1 atom stereocenters. The van der Waals surface area contributed by atoms with E-state index < -0.39 is 0 Å². The lowest BCUT2D eigenvalue weighted by Gasteiger charge is -2.30. The van der Waals surface area contributed by atoms with Crippen LogP contribution in [-0.2, 0) is 0 Å². The van der Waals surface area contributed by atoms with Gasteiger partial charge in [0.25, 0.3) is 0 Å². The number of nitrogens with zero attached hydrogens (tertiary/aromatic N) is 3. The average Bonchev–Trinajstić information content (AvgIpc) is 2.38. The van der Waals surface area contributed by atoms with Gasteiger partial charge in [-0.2, -0.15) is 0 Å². The topological polar surface area (TPSA) is 41.0 Å². The van der Waals surface area contributed by atoms with Crippen LogP contribution in [-0.4, -0.2) is 29.6 Å². The molecular formula is C14H26N4. The fourth-order valence-corrected chi connectivity index (χ4v) is 1.94. The highest BCUT2D eigenvalue weighted by Crippen LogP contribution is 2.20. The number of aryl methyl sites for hydroxylation is 1. The Morgan fingerprint density at radius 3 is 2.61 bits per heavy atom. The molecule has 0 saturated carbocycles. The minimum absolute atomic E-state index is 0.510. The van der Waals surface area contributed by atoms with E-state index in [2.05, 4.69) is 41.0 Å². The van der Waals surface area contributed by atoms with Gasteiger partial charge in [-0.15, -0.1) is 0 Å². The van der Waals surface area contributed by atoms with Gasteiger partial charge in [-0.3, -0.25) is 0 Å². The summed E-state index contributed by atoms with van der Waals surface area (Å²) in [6.45, 7) is 9.70. The predicted molar refractivity (Wildman–Crippen MR) is 78.3 cm³/mol. The Morgan fingerprint density at radius 2 is 2.06 bits per heavy atom. The molecule has 0 spiro atoms. The highest BCUT2D eigenvalue weighted by atomic mass is 15.2. The molecule has 0 fully saturated rings. The number of hydrogen-bond donors (Lipinski definition) is 1. The maximum absolute atomic E-state index is 4.58. The van der Waals surface area contributed by atoms with Gasteiger partial charge < -0.3 is 10.2 Å². The van der Waals surface area contributed by atoms with E-state index in [1.54, 1.807) is 0 Å². The summed E-state index contributed by atoms with van der Waals surface area (Å²) in [5, 5.41) is 3.10. The van der Waals surface area contributed by atoms with E-state index in [0.29, 0.717) is 6.04 Å². The lowest BCUT2D eigenvalue weighted by molar-refractivity contribution is 0.588. The largest absolute Gasteiger partial charge is 0.373 e. The van der Waals surface area contributed by atoms with Crippen molar-refractivity contribution in [1.82, 2.24) is 9.97 Å². The molecule has 0 aliphatic heterocycles. The lowest BCUT2D eigenvalue weighted by Crippen LogP contribution is -2.34. The van der Waals surface area contributed by atoms with E-state index >= 15 is 0 Å². The Labute approximate surface area is 111 Å². The smallest absolute Gasteiger partial charge is 0.134 e. The monoisotopic (exact) mass is 250 g/mol. The molecule has 1 aromatic rings. The molecule has 0 saturated heterocycles. The predicted octanol–water partition coefficient (Wildman–Crippen LogP) is 3.23. The van der Waals surface area contributed by atoms with E-state index in [1.807, 2.05) is 20.0 Å². The summed E-state index contributed by atoms with van der Waals surface area (Å²) in [6, 6.07) is 2.55. The van der Waals surface area contributed by atoms with Crippen molar-refractivity contribution in [1.29, 1.82) is 0 Å². The number of unbranched alkanes of at least 4 members (excludes halogenated alkanes) is 1. The molecule has 0 aromatic carbocycles. The van der Waals surface area contributed by atoms with Crippen LogP contribution in [0.15, 0.2) is 6.07 Å². The van der Waals surface area contributed by atoms with Crippen molar-refractivity contribution in [3.8, 4) is 0 Å². The van der Waals surface area contributed by atoms with E-state index in [4.69, 9.17) is 0 Å². The number of nitrogens with one attached hydrogen (secondary N) is 1. The summed E-state index contributed by atoms with van der Waals surface area (Å²) in [6.07, 6.45) is 3.53. The Morgan fingerprint density at radius 1 is 1.33 bits per heavy atom. The minimum atomic E-state index is 0.510. The number of rotatable bonds is 7. The average molecular weight is 250 g/mol. The summed E-state index contributed by atoms with van der Waals surface area (Å²) in [5.74, 6) is 2.75. The van der Waals surface area contributed by atoms with Gasteiger partial charge in [0.15, 0.2) is 0 Å². The second-order valence-electron chi connectivity index (χ2n) is 4.71. The summed E-state index contributed by atoms with van der Waals surface area (Å²) in [4.78, 5) is 11.3. The Bertz CT molecular complexity index is 365. The van der Waals surface area contributed by atoms with E-state index in [9.17, 15) is 0 Å². The fourth-order valence-electron chi connectivity index (χ4n) is 1.94. The number of anilines is 2. The van der Waals surface area contributed by atoms with Gasteiger partial charge in [0.05, 0.1) is 0 Å². The summed E-state index contributed by atoms with van der Waals surface area (Å²) in [7, 11) is 1.89. The number of aromatic nitrogens is 2. The molecule has 4 heteroatoms. The van der Waals surface area contributed by atoms with E-state index in [-0.39, 0.29) is 0 Å². The number of hydrogen-bond acceptors (Lipinski definition) is 4. The molecule has 1 unspecified atom stereocenters. The third-order valence-electron chi connectivity index (χ3n) is 3.25. The van der Waals surface area contributed by atoms with Gasteiger partial charge in [-0.1, -0.05) is 20.3 Å². The van der Waals surface area contributed by atoms with Gasteiger partial charge in [-0.25, -0.2) is 9.97 Å². The standard InChI is InChI=1S/C14H26N4/c1-6-8-9-18(11(3)7-2)14-10-13(15-5)16-12(4)17-14/h10-11H,6-9H2,1-5H3,(H,15,16,17). The lowest BCUT2D eigenvalue weighted by atomic mass is 10.2. The second-order valence-corrected chi connectivity index (χ2v) is 4.71. The van der Waals surface area contributed by atoms with Crippen molar-refractivity contribution in [3.63, 3.8) is 0 Å². The Kier molecular flexibility index (Phi) is 5.89. The first kappa shape index (κ1) is 14.7. The van der Waals surface area contributed by atoms with Crippen LogP contribution in [0, 0.1) is 6.92 Å². The van der Waals surface area contributed by atoms with Crippen molar-refractivity contribution in [2.75, 3.05) is 23.8 Å². The zero-order valence-electron chi connectivity index (χ0n) is 12.3. The van der Waals surface area contributed by atoms with Gasteiger partial charge in [-0.05, 0) is 26.7 Å². The maximum atomic E-state index is 4.58. The molecule has 1 aromatic heterocycles. The van der Waals surface area contributed by atoms with Gasteiger partial charge in [0, 0.05) is 25.7 Å². The zero-order valence-corrected chi connectivity index (χ0v) is 12.3. The molecule has 1 heterocycles. The van der Waals surface area contributed by atoms with Crippen molar-refractivity contribution in [2.24, 2.45) is 0 Å². The van der Waals surface area contributed by atoms with Crippen LogP contribution in [0.5, 0.6) is 0 Å².